The van der Waals surface area contributed by atoms with Crippen molar-refractivity contribution in [3.8, 4) is 0 Å². The fraction of sp³-hybridized carbons (Fsp3) is 0.625. The quantitative estimate of drug-likeness (QED) is 0.753. The van der Waals surface area contributed by atoms with Gasteiger partial charge in [0.1, 0.15) is 0 Å². The molecule has 0 saturated heterocycles. The molecule has 2 rings (SSSR count). The van der Waals surface area contributed by atoms with E-state index in [4.69, 9.17) is 11.6 Å². The van der Waals surface area contributed by atoms with Crippen LogP contribution in [0.15, 0.2) is 22.7 Å². The van der Waals surface area contributed by atoms with Crippen LogP contribution in [0.25, 0.3) is 0 Å². The summed E-state index contributed by atoms with van der Waals surface area (Å²) in [5.74, 6) is 1.86. The van der Waals surface area contributed by atoms with Crippen LogP contribution >= 0.6 is 27.5 Å². The van der Waals surface area contributed by atoms with E-state index in [9.17, 15) is 0 Å². The zero-order chi connectivity index (χ0) is 13.7. The second-order valence-corrected chi connectivity index (χ2v) is 6.94. The fourth-order valence-corrected chi connectivity index (χ4v) is 3.46. The molecule has 0 radical (unpaired) electrons. The Kier molecular flexibility index (Phi) is 6.18. The number of hydrogen-bond donors (Lipinski definition) is 1. The highest BCUT2D eigenvalue weighted by Gasteiger charge is 2.19. The van der Waals surface area contributed by atoms with Gasteiger partial charge in [-0.25, -0.2) is 0 Å². The average Bonchev–Trinajstić information content (AvgIpc) is 2.43. The van der Waals surface area contributed by atoms with Gasteiger partial charge in [-0.3, -0.25) is 0 Å². The minimum Gasteiger partial charge on any atom is -0.312 e. The van der Waals surface area contributed by atoms with Crippen LogP contribution < -0.4 is 5.32 Å². The number of benzene rings is 1. The van der Waals surface area contributed by atoms with Crippen molar-refractivity contribution in [1.29, 1.82) is 0 Å². The lowest BCUT2D eigenvalue weighted by atomic mass is 9.81. The van der Waals surface area contributed by atoms with E-state index in [-0.39, 0.29) is 0 Å². The summed E-state index contributed by atoms with van der Waals surface area (Å²) in [4.78, 5) is 0. The molecule has 19 heavy (non-hydrogen) atoms. The summed E-state index contributed by atoms with van der Waals surface area (Å²) >= 11 is 9.47. The first-order valence-corrected chi connectivity index (χ1v) is 8.50. The fourth-order valence-electron chi connectivity index (χ4n) is 2.91. The second-order valence-electron chi connectivity index (χ2n) is 5.67. The molecule has 3 heteroatoms. The Bertz CT molecular complexity index is 400. The van der Waals surface area contributed by atoms with Gasteiger partial charge in [0.25, 0.3) is 0 Å². The number of nitrogens with one attached hydrogen (secondary N) is 1. The first kappa shape index (κ1) is 15.3. The molecule has 1 aliphatic rings. The highest BCUT2D eigenvalue weighted by molar-refractivity contribution is 9.10. The lowest BCUT2D eigenvalue weighted by Crippen LogP contribution is -2.26. The zero-order valence-electron chi connectivity index (χ0n) is 11.6. The first-order chi connectivity index (χ1) is 9.19. The lowest BCUT2D eigenvalue weighted by molar-refractivity contribution is 0.262. The summed E-state index contributed by atoms with van der Waals surface area (Å²) in [6, 6.07) is 6.15. The van der Waals surface area contributed by atoms with Gasteiger partial charge in [0, 0.05) is 11.0 Å². The van der Waals surface area contributed by atoms with E-state index in [1.165, 1.54) is 37.7 Å². The van der Waals surface area contributed by atoms with Gasteiger partial charge in [-0.1, -0.05) is 43.9 Å². The van der Waals surface area contributed by atoms with Crippen LogP contribution in [0.1, 0.15) is 44.6 Å². The van der Waals surface area contributed by atoms with Crippen LogP contribution in [0.4, 0.5) is 0 Å². The Morgan fingerprint density at radius 2 is 1.89 bits per heavy atom. The molecule has 0 amide bonds. The zero-order valence-corrected chi connectivity index (χ0v) is 13.9. The molecular weight excluding hydrogens is 322 g/mol. The Morgan fingerprint density at radius 1 is 1.21 bits per heavy atom. The second kappa shape index (κ2) is 7.66. The molecule has 0 unspecified atom stereocenters. The van der Waals surface area contributed by atoms with E-state index in [1.54, 1.807) is 0 Å². The van der Waals surface area contributed by atoms with Gasteiger partial charge in [0.15, 0.2) is 0 Å². The molecule has 1 nitrogen and oxygen atoms in total. The molecule has 0 bridgehead atoms. The standard InChI is InChI=1S/C16H23BrClN/c1-2-12-3-5-13(6-4-12)10-19-11-14-7-8-16(18)15(17)9-14/h7-9,12-13,19H,2-6,10-11H2,1H3. The summed E-state index contributed by atoms with van der Waals surface area (Å²) in [6.07, 6.45) is 7.01. The van der Waals surface area contributed by atoms with Crippen LogP contribution in [0, 0.1) is 11.8 Å². The SMILES string of the molecule is CCC1CCC(CNCc2ccc(Cl)c(Br)c2)CC1. The summed E-state index contributed by atoms with van der Waals surface area (Å²) in [5.41, 5.74) is 1.29. The minimum absolute atomic E-state index is 0.779. The Morgan fingerprint density at radius 3 is 2.53 bits per heavy atom. The minimum atomic E-state index is 0.779. The van der Waals surface area contributed by atoms with E-state index >= 15 is 0 Å². The van der Waals surface area contributed by atoms with Crippen LogP contribution in [-0.4, -0.2) is 6.54 Å². The first-order valence-electron chi connectivity index (χ1n) is 7.33. The summed E-state index contributed by atoms with van der Waals surface area (Å²) in [5, 5.41) is 4.37. The van der Waals surface area contributed by atoms with Crippen molar-refractivity contribution >= 4 is 27.5 Å². The number of halogens is 2. The molecule has 0 aliphatic heterocycles. The summed E-state index contributed by atoms with van der Waals surface area (Å²) < 4.78 is 0.983. The molecule has 0 aromatic heterocycles. The van der Waals surface area contributed by atoms with Gasteiger partial charge in [0.2, 0.25) is 0 Å². The van der Waals surface area contributed by atoms with Crippen molar-refractivity contribution in [1.82, 2.24) is 5.32 Å². The number of hydrogen-bond acceptors (Lipinski definition) is 1. The van der Waals surface area contributed by atoms with Gasteiger partial charge in [0.05, 0.1) is 5.02 Å². The molecule has 1 N–H and O–H groups in total. The van der Waals surface area contributed by atoms with E-state index in [0.29, 0.717) is 0 Å². The van der Waals surface area contributed by atoms with E-state index in [0.717, 1.165) is 34.4 Å². The van der Waals surface area contributed by atoms with E-state index in [2.05, 4.69) is 40.3 Å². The number of rotatable bonds is 5. The third kappa shape index (κ3) is 4.77. The maximum absolute atomic E-state index is 6.00. The van der Waals surface area contributed by atoms with Gasteiger partial charge in [-0.15, -0.1) is 0 Å². The predicted octanol–water partition coefficient (Wildman–Crippen LogP) is 5.41. The Balaban J connectivity index is 1.70. The van der Waals surface area contributed by atoms with Gasteiger partial charge < -0.3 is 5.32 Å². The van der Waals surface area contributed by atoms with Crippen LogP contribution in [0.5, 0.6) is 0 Å². The molecule has 1 aromatic rings. The topological polar surface area (TPSA) is 12.0 Å². The maximum Gasteiger partial charge on any atom is 0.0548 e. The van der Waals surface area contributed by atoms with Crippen LogP contribution in [0.3, 0.4) is 0 Å². The Hall–Kier alpha value is -0.0500. The van der Waals surface area contributed by atoms with Crippen molar-refractivity contribution in [2.75, 3.05) is 6.54 Å². The van der Waals surface area contributed by atoms with Crippen molar-refractivity contribution in [3.63, 3.8) is 0 Å². The third-order valence-electron chi connectivity index (χ3n) is 4.29. The summed E-state index contributed by atoms with van der Waals surface area (Å²) in [7, 11) is 0. The molecule has 1 fully saturated rings. The van der Waals surface area contributed by atoms with Crippen molar-refractivity contribution < 1.29 is 0 Å². The highest BCUT2D eigenvalue weighted by atomic mass is 79.9. The maximum atomic E-state index is 6.00. The third-order valence-corrected chi connectivity index (χ3v) is 5.50. The molecule has 1 aliphatic carbocycles. The molecule has 0 heterocycles. The molecule has 1 aromatic carbocycles. The normalized spacial score (nSPS) is 23.5. The van der Waals surface area contributed by atoms with E-state index < -0.39 is 0 Å². The largest absolute Gasteiger partial charge is 0.312 e. The average molecular weight is 345 g/mol. The molecule has 0 spiro atoms. The highest BCUT2D eigenvalue weighted by Crippen LogP contribution is 2.30. The van der Waals surface area contributed by atoms with Gasteiger partial charge in [-0.05, 0) is 64.8 Å². The molecule has 1 saturated carbocycles. The summed E-state index contributed by atoms with van der Waals surface area (Å²) in [6.45, 7) is 4.40. The molecule has 0 atom stereocenters. The monoisotopic (exact) mass is 343 g/mol. The lowest BCUT2D eigenvalue weighted by Gasteiger charge is -2.27. The van der Waals surface area contributed by atoms with Crippen molar-refractivity contribution in [3.05, 3.63) is 33.3 Å². The molecular formula is C16H23BrClN. The van der Waals surface area contributed by atoms with Gasteiger partial charge >= 0.3 is 0 Å². The van der Waals surface area contributed by atoms with Crippen LogP contribution in [-0.2, 0) is 6.54 Å². The van der Waals surface area contributed by atoms with Crippen molar-refractivity contribution in [2.45, 2.75) is 45.6 Å². The smallest absolute Gasteiger partial charge is 0.0548 e. The van der Waals surface area contributed by atoms with Gasteiger partial charge in [-0.2, -0.15) is 0 Å². The van der Waals surface area contributed by atoms with Crippen LogP contribution in [0.2, 0.25) is 5.02 Å². The Labute approximate surface area is 130 Å². The molecule has 106 valence electrons. The predicted molar refractivity (Wildman–Crippen MR) is 86.6 cm³/mol. The van der Waals surface area contributed by atoms with Crippen molar-refractivity contribution in [2.24, 2.45) is 11.8 Å². The van der Waals surface area contributed by atoms with E-state index in [1.807, 2.05) is 6.07 Å².